The Morgan fingerprint density at radius 2 is 1.47 bits per heavy atom. The SMILES string of the molecule is CC(Cc1ccc(O)c(O)c1O)c1ccc(O)cc1. The third kappa shape index (κ3) is 2.73. The highest BCUT2D eigenvalue weighted by molar-refractivity contribution is 5.53. The fraction of sp³-hybridized carbons (Fsp3) is 0.200. The number of phenolic OH excluding ortho intramolecular Hbond substituents is 4. The first-order valence-electron chi connectivity index (χ1n) is 6.00. The lowest BCUT2D eigenvalue weighted by Crippen LogP contribution is -1.98. The van der Waals surface area contributed by atoms with Crippen molar-refractivity contribution in [3.63, 3.8) is 0 Å². The Labute approximate surface area is 111 Å². The molecule has 0 saturated heterocycles. The van der Waals surface area contributed by atoms with E-state index in [1.54, 1.807) is 18.2 Å². The second-order valence-electron chi connectivity index (χ2n) is 4.64. The van der Waals surface area contributed by atoms with Gasteiger partial charge in [0.15, 0.2) is 11.5 Å². The number of benzene rings is 2. The highest BCUT2D eigenvalue weighted by Gasteiger charge is 2.14. The number of hydrogen-bond acceptors (Lipinski definition) is 4. The largest absolute Gasteiger partial charge is 0.508 e. The minimum Gasteiger partial charge on any atom is -0.508 e. The first-order valence-corrected chi connectivity index (χ1v) is 6.00. The Hall–Kier alpha value is -2.36. The molecule has 0 radical (unpaired) electrons. The van der Waals surface area contributed by atoms with Crippen molar-refractivity contribution >= 4 is 0 Å². The summed E-state index contributed by atoms with van der Waals surface area (Å²) in [6.45, 7) is 1.98. The molecule has 0 amide bonds. The molecule has 0 aromatic heterocycles. The predicted molar refractivity (Wildman–Crippen MR) is 71.7 cm³/mol. The number of phenols is 4. The summed E-state index contributed by atoms with van der Waals surface area (Å²) in [5, 5.41) is 37.7. The normalized spacial score (nSPS) is 12.3. The maximum Gasteiger partial charge on any atom is 0.200 e. The maximum absolute atomic E-state index is 9.77. The molecule has 0 bridgehead atoms. The van der Waals surface area contributed by atoms with Crippen LogP contribution in [0.4, 0.5) is 0 Å². The van der Waals surface area contributed by atoms with E-state index < -0.39 is 5.75 Å². The van der Waals surface area contributed by atoms with E-state index in [1.807, 2.05) is 19.1 Å². The quantitative estimate of drug-likeness (QED) is 0.640. The van der Waals surface area contributed by atoms with Gasteiger partial charge in [-0.3, -0.25) is 0 Å². The van der Waals surface area contributed by atoms with E-state index in [9.17, 15) is 20.4 Å². The zero-order valence-electron chi connectivity index (χ0n) is 10.5. The van der Waals surface area contributed by atoms with Gasteiger partial charge in [-0.2, -0.15) is 0 Å². The second kappa shape index (κ2) is 5.10. The second-order valence-corrected chi connectivity index (χ2v) is 4.64. The highest BCUT2D eigenvalue weighted by Crippen LogP contribution is 2.38. The van der Waals surface area contributed by atoms with Gasteiger partial charge in [-0.25, -0.2) is 0 Å². The monoisotopic (exact) mass is 260 g/mol. The van der Waals surface area contributed by atoms with Crippen LogP contribution in [0.5, 0.6) is 23.0 Å². The van der Waals surface area contributed by atoms with Crippen LogP contribution < -0.4 is 0 Å². The number of aromatic hydroxyl groups is 4. The lowest BCUT2D eigenvalue weighted by Gasteiger charge is -2.14. The van der Waals surface area contributed by atoms with Gasteiger partial charge in [0.25, 0.3) is 0 Å². The van der Waals surface area contributed by atoms with Crippen LogP contribution >= 0.6 is 0 Å². The molecule has 0 fully saturated rings. The molecular weight excluding hydrogens is 244 g/mol. The summed E-state index contributed by atoms with van der Waals surface area (Å²) in [5.41, 5.74) is 1.58. The van der Waals surface area contributed by atoms with Crippen molar-refractivity contribution in [2.45, 2.75) is 19.3 Å². The van der Waals surface area contributed by atoms with Crippen molar-refractivity contribution in [1.82, 2.24) is 0 Å². The van der Waals surface area contributed by atoms with Gasteiger partial charge in [0.1, 0.15) is 5.75 Å². The van der Waals surface area contributed by atoms with Gasteiger partial charge >= 0.3 is 0 Å². The third-order valence-corrected chi connectivity index (χ3v) is 3.20. The summed E-state index contributed by atoms with van der Waals surface area (Å²) in [6, 6.07) is 9.80. The van der Waals surface area contributed by atoms with Gasteiger partial charge < -0.3 is 20.4 Å². The molecule has 2 rings (SSSR count). The van der Waals surface area contributed by atoms with E-state index in [0.717, 1.165) is 5.56 Å². The van der Waals surface area contributed by atoms with Gasteiger partial charge in [0.2, 0.25) is 5.75 Å². The zero-order valence-corrected chi connectivity index (χ0v) is 10.5. The van der Waals surface area contributed by atoms with Gasteiger partial charge in [-0.15, -0.1) is 0 Å². The van der Waals surface area contributed by atoms with Gasteiger partial charge in [-0.05, 0) is 41.7 Å². The van der Waals surface area contributed by atoms with Crippen LogP contribution in [0.15, 0.2) is 36.4 Å². The molecule has 100 valence electrons. The minimum atomic E-state index is -0.490. The van der Waals surface area contributed by atoms with Crippen molar-refractivity contribution in [2.75, 3.05) is 0 Å². The Bertz CT molecular complexity index is 575. The molecule has 0 aliphatic carbocycles. The summed E-state index contributed by atoms with van der Waals surface area (Å²) < 4.78 is 0. The van der Waals surface area contributed by atoms with Crippen LogP contribution in [0.25, 0.3) is 0 Å². The van der Waals surface area contributed by atoms with Crippen molar-refractivity contribution in [2.24, 2.45) is 0 Å². The standard InChI is InChI=1S/C15H16O4/c1-9(10-2-5-12(16)6-3-10)8-11-4-7-13(17)15(19)14(11)18/h2-7,9,16-19H,8H2,1H3. The van der Waals surface area contributed by atoms with E-state index in [-0.39, 0.29) is 23.2 Å². The molecule has 2 aromatic carbocycles. The smallest absolute Gasteiger partial charge is 0.200 e. The number of hydrogen-bond donors (Lipinski definition) is 4. The molecule has 4 nitrogen and oxygen atoms in total. The molecule has 1 atom stereocenters. The summed E-state index contributed by atoms with van der Waals surface area (Å²) in [4.78, 5) is 0. The Morgan fingerprint density at radius 3 is 2.11 bits per heavy atom. The molecule has 19 heavy (non-hydrogen) atoms. The molecular formula is C15H16O4. The first kappa shape index (κ1) is 13.1. The van der Waals surface area contributed by atoms with E-state index in [0.29, 0.717) is 12.0 Å². The van der Waals surface area contributed by atoms with Crippen LogP contribution in [0.1, 0.15) is 24.0 Å². The predicted octanol–water partition coefficient (Wildman–Crippen LogP) is 2.86. The van der Waals surface area contributed by atoms with E-state index in [2.05, 4.69) is 0 Å². The zero-order chi connectivity index (χ0) is 14.0. The highest BCUT2D eigenvalue weighted by atomic mass is 16.3. The lowest BCUT2D eigenvalue weighted by atomic mass is 9.93. The fourth-order valence-corrected chi connectivity index (χ4v) is 2.03. The molecule has 0 spiro atoms. The van der Waals surface area contributed by atoms with Gasteiger partial charge in [0, 0.05) is 0 Å². The lowest BCUT2D eigenvalue weighted by molar-refractivity contribution is 0.364. The van der Waals surface area contributed by atoms with Crippen LogP contribution in [0.3, 0.4) is 0 Å². The van der Waals surface area contributed by atoms with Gasteiger partial charge in [0.05, 0.1) is 0 Å². The summed E-state index contributed by atoms with van der Waals surface area (Å²) in [6.07, 6.45) is 0.518. The molecule has 0 aliphatic heterocycles. The Morgan fingerprint density at radius 1 is 0.842 bits per heavy atom. The first-order chi connectivity index (χ1) is 8.99. The average molecular weight is 260 g/mol. The minimum absolute atomic E-state index is 0.107. The van der Waals surface area contributed by atoms with Crippen molar-refractivity contribution in [3.8, 4) is 23.0 Å². The van der Waals surface area contributed by atoms with E-state index in [4.69, 9.17) is 0 Å². The van der Waals surface area contributed by atoms with Crippen molar-refractivity contribution < 1.29 is 20.4 Å². The van der Waals surface area contributed by atoms with E-state index >= 15 is 0 Å². The van der Waals surface area contributed by atoms with Crippen LogP contribution in [0, 0.1) is 0 Å². The topological polar surface area (TPSA) is 80.9 Å². The Balaban J connectivity index is 2.21. The molecule has 1 unspecified atom stereocenters. The van der Waals surface area contributed by atoms with Crippen LogP contribution in [0.2, 0.25) is 0 Å². The van der Waals surface area contributed by atoms with Crippen molar-refractivity contribution in [3.05, 3.63) is 47.5 Å². The third-order valence-electron chi connectivity index (χ3n) is 3.20. The molecule has 0 saturated carbocycles. The van der Waals surface area contributed by atoms with E-state index in [1.165, 1.54) is 6.07 Å². The maximum atomic E-state index is 9.77. The summed E-state index contributed by atoms with van der Waals surface area (Å²) >= 11 is 0. The Kier molecular flexibility index (Phi) is 3.51. The van der Waals surface area contributed by atoms with Crippen molar-refractivity contribution in [1.29, 1.82) is 0 Å². The molecule has 2 aromatic rings. The van der Waals surface area contributed by atoms with Gasteiger partial charge in [-0.1, -0.05) is 25.1 Å². The van der Waals surface area contributed by atoms with Crippen LogP contribution in [-0.2, 0) is 6.42 Å². The fourth-order valence-electron chi connectivity index (χ4n) is 2.03. The summed E-state index contributed by atoms with van der Waals surface area (Å²) in [5.74, 6) is -0.795. The molecule has 4 heteroatoms. The average Bonchev–Trinajstić information content (AvgIpc) is 2.40. The summed E-state index contributed by atoms with van der Waals surface area (Å²) in [7, 11) is 0. The molecule has 4 N–H and O–H groups in total. The molecule has 0 aliphatic rings. The van der Waals surface area contributed by atoms with Crippen LogP contribution in [-0.4, -0.2) is 20.4 Å². The number of rotatable bonds is 3. The molecule has 0 heterocycles.